The number of hydrogen-bond donors (Lipinski definition) is 1. The third kappa shape index (κ3) is 3.18. The highest BCUT2D eigenvalue weighted by Crippen LogP contribution is 2.42. The van der Waals surface area contributed by atoms with E-state index in [9.17, 15) is 0 Å². The van der Waals surface area contributed by atoms with Crippen LogP contribution < -0.4 is 5.32 Å². The van der Waals surface area contributed by atoms with Crippen LogP contribution in [0.15, 0.2) is 24.3 Å². The maximum atomic E-state index is 6.00. The summed E-state index contributed by atoms with van der Waals surface area (Å²) in [6.07, 6.45) is 4.21. The van der Waals surface area contributed by atoms with Crippen molar-refractivity contribution in [2.45, 2.75) is 51.2 Å². The van der Waals surface area contributed by atoms with E-state index in [-0.39, 0.29) is 0 Å². The average Bonchev–Trinajstić information content (AvgIpc) is 3.15. The quantitative estimate of drug-likeness (QED) is 0.871. The van der Waals surface area contributed by atoms with E-state index in [2.05, 4.69) is 43.4 Å². The summed E-state index contributed by atoms with van der Waals surface area (Å²) >= 11 is 0. The molecular formula is C17H25NO. The van der Waals surface area contributed by atoms with E-state index in [1.54, 1.807) is 0 Å². The lowest BCUT2D eigenvalue weighted by Gasteiger charge is -2.21. The minimum Gasteiger partial charge on any atom is -0.373 e. The van der Waals surface area contributed by atoms with Gasteiger partial charge in [-0.25, -0.2) is 0 Å². The van der Waals surface area contributed by atoms with Gasteiger partial charge in [-0.1, -0.05) is 38.1 Å². The number of nitrogens with one attached hydrogen (secondary N) is 1. The van der Waals surface area contributed by atoms with E-state index < -0.39 is 0 Å². The molecule has 2 aliphatic rings. The third-order valence-corrected chi connectivity index (χ3v) is 4.29. The summed E-state index contributed by atoms with van der Waals surface area (Å²) in [5, 5.41) is 3.56. The topological polar surface area (TPSA) is 21.3 Å². The Hall–Kier alpha value is -0.860. The Morgan fingerprint density at radius 2 is 2.00 bits per heavy atom. The van der Waals surface area contributed by atoms with Crippen LogP contribution in [0.4, 0.5) is 0 Å². The smallest absolute Gasteiger partial charge is 0.0866 e. The molecule has 1 aliphatic carbocycles. The molecule has 3 rings (SSSR count). The van der Waals surface area contributed by atoms with Crippen LogP contribution in [-0.4, -0.2) is 19.2 Å². The van der Waals surface area contributed by atoms with Gasteiger partial charge in [0.25, 0.3) is 0 Å². The van der Waals surface area contributed by atoms with Gasteiger partial charge in [0, 0.05) is 25.1 Å². The molecule has 2 unspecified atom stereocenters. The predicted molar refractivity (Wildman–Crippen MR) is 78.4 cm³/mol. The molecule has 2 fully saturated rings. The first-order valence-corrected chi connectivity index (χ1v) is 7.69. The summed E-state index contributed by atoms with van der Waals surface area (Å²) < 4.78 is 6.00. The van der Waals surface area contributed by atoms with Crippen molar-refractivity contribution < 1.29 is 4.74 Å². The van der Waals surface area contributed by atoms with Gasteiger partial charge in [-0.05, 0) is 36.3 Å². The van der Waals surface area contributed by atoms with Crippen molar-refractivity contribution in [3.63, 3.8) is 0 Å². The molecule has 1 saturated carbocycles. The van der Waals surface area contributed by atoms with Crippen molar-refractivity contribution in [3.8, 4) is 0 Å². The molecule has 0 amide bonds. The Morgan fingerprint density at radius 3 is 2.74 bits per heavy atom. The summed E-state index contributed by atoms with van der Waals surface area (Å²) in [6, 6.07) is 9.66. The number of hydrogen-bond acceptors (Lipinski definition) is 2. The van der Waals surface area contributed by atoms with Gasteiger partial charge < -0.3 is 10.1 Å². The van der Waals surface area contributed by atoms with Crippen LogP contribution in [0.25, 0.3) is 0 Å². The van der Waals surface area contributed by atoms with Crippen LogP contribution in [0.3, 0.4) is 0 Å². The summed E-state index contributed by atoms with van der Waals surface area (Å²) in [6.45, 7) is 6.38. The zero-order valence-corrected chi connectivity index (χ0v) is 12.1. The first kappa shape index (κ1) is 13.1. The molecule has 1 aromatic carbocycles. The summed E-state index contributed by atoms with van der Waals surface area (Å²) in [5.74, 6) is 1.45. The van der Waals surface area contributed by atoms with E-state index in [1.807, 2.05) is 0 Å². The van der Waals surface area contributed by atoms with Gasteiger partial charge in [0.2, 0.25) is 0 Å². The maximum absolute atomic E-state index is 6.00. The standard InChI is InChI=1S/C17H25NO/c1-12(2)18-11-16-8-9-19-17(16)15-5-3-4-14(10-15)13-6-7-13/h3-5,10,12-13,16-18H,6-9,11H2,1-2H3. The first-order valence-electron chi connectivity index (χ1n) is 7.69. The molecule has 0 spiro atoms. The van der Waals surface area contributed by atoms with E-state index in [4.69, 9.17) is 4.74 Å². The number of benzene rings is 1. The molecule has 104 valence electrons. The van der Waals surface area contributed by atoms with Crippen LogP contribution in [0.5, 0.6) is 0 Å². The molecule has 0 aromatic heterocycles. The molecule has 2 heteroatoms. The van der Waals surface area contributed by atoms with Crippen molar-refractivity contribution in [3.05, 3.63) is 35.4 Å². The number of rotatable bonds is 5. The summed E-state index contributed by atoms with van der Waals surface area (Å²) in [5.41, 5.74) is 2.90. The van der Waals surface area contributed by atoms with Crippen molar-refractivity contribution in [1.29, 1.82) is 0 Å². The molecule has 1 saturated heterocycles. The lowest BCUT2D eigenvalue weighted by molar-refractivity contribution is 0.0900. The summed E-state index contributed by atoms with van der Waals surface area (Å²) in [4.78, 5) is 0. The predicted octanol–water partition coefficient (Wildman–Crippen LogP) is 3.64. The van der Waals surface area contributed by atoms with E-state index in [1.165, 1.54) is 30.4 Å². The van der Waals surface area contributed by atoms with Gasteiger partial charge in [-0.3, -0.25) is 0 Å². The summed E-state index contributed by atoms with van der Waals surface area (Å²) in [7, 11) is 0. The average molecular weight is 259 g/mol. The van der Waals surface area contributed by atoms with Gasteiger partial charge in [-0.2, -0.15) is 0 Å². The van der Waals surface area contributed by atoms with Gasteiger partial charge in [0.1, 0.15) is 0 Å². The highest BCUT2D eigenvalue weighted by molar-refractivity contribution is 5.31. The maximum Gasteiger partial charge on any atom is 0.0866 e. The molecule has 0 bridgehead atoms. The van der Waals surface area contributed by atoms with Gasteiger partial charge >= 0.3 is 0 Å². The first-order chi connectivity index (χ1) is 9.24. The molecule has 0 radical (unpaired) electrons. The van der Waals surface area contributed by atoms with Crippen LogP contribution in [-0.2, 0) is 4.74 Å². The van der Waals surface area contributed by atoms with Gasteiger partial charge in [0.15, 0.2) is 0 Å². The van der Waals surface area contributed by atoms with Gasteiger partial charge in [0.05, 0.1) is 6.10 Å². The Morgan fingerprint density at radius 1 is 1.21 bits per heavy atom. The second kappa shape index (κ2) is 5.64. The largest absolute Gasteiger partial charge is 0.373 e. The molecule has 1 N–H and O–H groups in total. The van der Waals surface area contributed by atoms with Crippen molar-refractivity contribution >= 4 is 0 Å². The van der Waals surface area contributed by atoms with E-state index in [0.717, 1.165) is 19.1 Å². The molecular weight excluding hydrogens is 234 g/mol. The molecule has 2 atom stereocenters. The van der Waals surface area contributed by atoms with Crippen LogP contribution in [0.2, 0.25) is 0 Å². The second-order valence-corrected chi connectivity index (χ2v) is 6.35. The van der Waals surface area contributed by atoms with Crippen LogP contribution in [0.1, 0.15) is 56.3 Å². The highest BCUT2D eigenvalue weighted by Gasteiger charge is 2.31. The third-order valence-electron chi connectivity index (χ3n) is 4.29. The van der Waals surface area contributed by atoms with E-state index in [0.29, 0.717) is 18.1 Å². The second-order valence-electron chi connectivity index (χ2n) is 6.35. The molecule has 19 heavy (non-hydrogen) atoms. The monoisotopic (exact) mass is 259 g/mol. The molecule has 1 aliphatic heterocycles. The van der Waals surface area contributed by atoms with Crippen LogP contribution in [0, 0.1) is 5.92 Å². The van der Waals surface area contributed by atoms with Crippen molar-refractivity contribution in [2.75, 3.05) is 13.2 Å². The Bertz CT molecular complexity index is 425. The van der Waals surface area contributed by atoms with Crippen molar-refractivity contribution in [1.82, 2.24) is 5.32 Å². The zero-order valence-electron chi connectivity index (χ0n) is 12.1. The minimum absolute atomic E-state index is 0.296. The lowest BCUT2D eigenvalue weighted by Crippen LogP contribution is -2.30. The zero-order chi connectivity index (χ0) is 13.2. The Balaban J connectivity index is 1.70. The lowest BCUT2D eigenvalue weighted by atomic mass is 9.93. The minimum atomic E-state index is 0.296. The molecule has 1 aromatic rings. The highest BCUT2D eigenvalue weighted by atomic mass is 16.5. The Labute approximate surface area is 116 Å². The fourth-order valence-corrected chi connectivity index (χ4v) is 3.00. The molecule has 2 nitrogen and oxygen atoms in total. The number of ether oxygens (including phenoxy) is 1. The fraction of sp³-hybridized carbons (Fsp3) is 0.647. The Kier molecular flexibility index (Phi) is 3.90. The van der Waals surface area contributed by atoms with Crippen LogP contribution >= 0.6 is 0 Å². The molecule has 1 heterocycles. The van der Waals surface area contributed by atoms with E-state index >= 15 is 0 Å². The fourth-order valence-electron chi connectivity index (χ4n) is 3.00. The van der Waals surface area contributed by atoms with Gasteiger partial charge in [-0.15, -0.1) is 0 Å². The van der Waals surface area contributed by atoms with Crippen molar-refractivity contribution in [2.24, 2.45) is 5.92 Å². The normalized spacial score (nSPS) is 27.1. The SMILES string of the molecule is CC(C)NCC1CCOC1c1cccc(C2CC2)c1.